The van der Waals surface area contributed by atoms with Gasteiger partial charge in [0.05, 0.1) is 11.6 Å². The van der Waals surface area contributed by atoms with Gasteiger partial charge in [-0.1, -0.05) is 44.3 Å². The fraction of sp³-hybridized carbons (Fsp3) is 0.533. The van der Waals surface area contributed by atoms with Gasteiger partial charge in [-0.05, 0) is 43.2 Å². The molecule has 2 N–H and O–H groups in total. The molecule has 1 unspecified atom stereocenters. The second-order valence-corrected chi connectivity index (χ2v) is 5.14. The molecule has 0 aliphatic carbocycles. The van der Waals surface area contributed by atoms with Gasteiger partial charge in [0.15, 0.2) is 0 Å². The predicted octanol–water partition coefficient (Wildman–Crippen LogP) is 4.04. The largest absolute Gasteiger partial charge is 0.493 e. The van der Waals surface area contributed by atoms with Gasteiger partial charge >= 0.3 is 0 Å². The Labute approximate surface area is 116 Å². The van der Waals surface area contributed by atoms with Gasteiger partial charge in [0.2, 0.25) is 0 Å². The molecule has 3 heteroatoms. The van der Waals surface area contributed by atoms with E-state index in [-0.39, 0.29) is 0 Å². The predicted molar refractivity (Wildman–Crippen MR) is 81.3 cm³/mol. The fourth-order valence-electron chi connectivity index (χ4n) is 1.82. The summed E-state index contributed by atoms with van der Waals surface area (Å²) in [5, 5.41) is 0. The summed E-state index contributed by atoms with van der Waals surface area (Å²) in [5.74, 6) is 1.56. The van der Waals surface area contributed by atoms with Gasteiger partial charge in [-0.25, -0.2) is 0 Å². The zero-order chi connectivity index (χ0) is 13.4. The van der Waals surface area contributed by atoms with E-state index in [9.17, 15) is 0 Å². The molecule has 0 spiro atoms. The third-order valence-electron chi connectivity index (χ3n) is 3.14. The minimum atomic E-state index is 0.540. The molecule has 1 aromatic rings. The molecule has 0 saturated carbocycles. The lowest BCUT2D eigenvalue weighted by molar-refractivity contribution is 0.303. The van der Waals surface area contributed by atoms with Crippen LogP contribution in [0.3, 0.4) is 0 Å². The van der Waals surface area contributed by atoms with Crippen molar-refractivity contribution in [3.8, 4) is 5.75 Å². The number of ether oxygens (including phenoxy) is 1. The first-order chi connectivity index (χ1) is 8.65. The van der Waals surface area contributed by atoms with Crippen molar-refractivity contribution in [2.24, 2.45) is 5.73 Å². The number of benzene rings is 1. The van der Waals surface area contributed by atoms with Gasteiger partial charge in [0, 0.05) is 0 Å². The van der Waals surface area contributed by atoms with E-state index in [1.165, 1.54) is 5.56 Å². The molecule has 0 aromatic heterocycles. The standard InChI is InChI=1S/C15H23NOS/c1-3-12(2)13-8-4-5-9-14(13)17-11-7-6-10-15(16)18/h4-5,8-9,12H,3,6-7,10-11H2,1-2H3,(H2,16,18). The van der Waals surface area contributed by atoms with Crippen LogP contribution in [0.5, 0.6) is 5.75 Å². The van der Waals surface area contributed by atoms with E-state index in [0.717, 1.165) is 38.0 Å². The van der Waals surface area contributed by atoms with E-state index in [1.807, 2.05) is 6.07 Å². The van der Waals surface area contributed by atoms with Crippen LogP contribution in [0.4, 0.5) is 0 Å². The maximum Gasteiger partial charge on any atom is 0.122 e. The van der Waals surface area contributed by atoms with Crippen LogP contribution in [0, 0.1) is 0 Å². The second kappa shape index (κ2) is 8.09. The number of nitrogens with two attached hydrogens (primary N) is 1. The lowest BCUT2D eigenvalue weighted by atomic mass is 9.98. The molecule has 1 atom stereocenters. The fourth-order valence-corrected chi connectivity index (χ4v) is 1.97. The monoisotopic (exact) mass is 265 g/mol. The van der Waals surface area contributed by atoms with Crippen molar-refractivity contribution in [1.29, 1.82) is 0 Å². The summed E-state index contributed by atoms with van der Waals surface area (Å²) in [5.41, 5.74) is 6.76. The number of para-hydroxylation sites is 1. The molecule has 1 rings (SSSR count). The first kappa shape index (κ1) is 15.0. The highest BCUT2D eigenvalue weighted by Gasteiger charge is 2.08. The Morgan fingerprint density at radius 2 is 2.06 bits per heavy atom. The van der Waals surface area contributed by atoms with E-state index in [1.54, 1.807) is 0 Å². The lowest BCUT2D eigenvalue weighted by Gasteiger charge is -2.15. The molecule has 2 nitrogen and oxygen atoms in total. The van der Waals surface area contributed by atoms with Crippen LogP contribution in [0.2, 0.25) is 0 Å². The normalized spacial score (nSPS) is 12.1. The van der Waals surface area contributed by atoms with Crippen molar-refractivity contribution < 1.29 is 4.74 Å². The van der Waals surface area contributed by atoms with Crippen LogP contribution in [0.15, 0.2) is 24.3 Å². The van der Waals surface area contributed by atoms with E-state index < -0.39 is 0 Å². The Balaban J connectivity index is 2.44. The summed E-state index contributed by atoms with van der Waals surface area (Å²) in [6.45, 7) is 5.16. The van der Waals surface area contributed by atoms with Crippen molar-refractivity contribution in [2.45, 2.75) is 45.4 Å². The SMILES string of the molecule is CCC(C)c1ccccc1OCCCCC(N)=S. The van der Waals surface area contributed by atoms with E-state index >= 15 is 0 Å². The molecule has 0 radical (unpaired) electrons. The van der Waals surface area contributed by atoms with Gasteiger partial charge in [-0.15, -0.1) is 0 Å². The van der Waals surface area contributed by atoms with Gasteiger partial charge in [0.1, 0.15) is 5.75 Å². The van der Waals surface area contributed by atoms with Crippen LogP contribution in [-0.4, -0.2) is 11.6 Å². The second-order valence-electron chi connectivity index (χ2n) is 4.62. The molecule has 0 aliphatic rings. The Bertz CT molecular complexity index is 379. The topological polar surface area (TPSA) is 35.2 Å². The van der Waals surface area contributed by atoms with Gasteiger partial charge in [-0.2, -0.15) is 0 Å². The van der Waals surface area contributed by atoms with E-state index in [4.69, 9.17) is 22.7 Å². The first-order valence-corrected chi connectivity index (χ1v) is 7.06. The Morgan fingerprint density at radius 1 is 1.33 bits per heavy atom. The number of unbranched alkanes of at least 4 members (excludes halogenated alkanes) is 1. The molecule has 100 valence electrons. The smallest absolute Gasteiger partial charge is 0.122 e. The zero-order valence-corrected chi connectivity index (χ0v) is 12.1. The molecular formula is C15H23NOS. The summed E-state index contributed by atoms with van der Waals surface area (Å²) in [4.78, 5) is 0.593. The Kier molecular flexibility index (Phi) is 6.73. The first-order valence-electron chi connectivity index (χ1n) is 6.65. The van der Waals surface area contributed by atoms with E-state index in [0.29, 0.717) is 10.9 Å². The highest BCUT2D eigenvalue weighted by atomic mass is 32.1. The number of rotatable bonds is 8. The maximum absolute atomic E-state index is 5.86. The Morgan fingerprint density at radius 3 is 2.72 bits per heavy atom. The lowest BCUT2D eigenvalue weighted by Crippen LogP contribution is -2.08. The molecule has 0 amide bonds. The highest BCUT2D eigenvalue weighted by Crippen LogP contribution is 2.28. The van der Waals surface area contributed by atoms with Crippen molar-refractivity contribution in [3.63, 3.8) is 0 Å². The number of thiocarbonyl (C=S) groups is 1. The Hall–Kier alpha value is -1.09. The quantitative estimate of drug-likeness (QED) is 0.569. The summed E-state index contributed by atoms with van der Waals surface area (Å²) >= 11 is 4.85. The highest BCUT2D eigenvalue weighted by molar-refractivity contribution is 7.80. The van der Waals surface area contributed by atoms with Crippen LogP contribution in [0.25, 0.3) is 0 Å². The van der Waals surface area contributed by atoms with Crippen LogP contribution < -0.4 is 10.5 Å². The van der Waals surface area contributed by atoms with Crippen molar-refractivity contribution >= 4 is 17.2 Å². The molecule has 0 saturated heterocycles. The maximum atomic E-state index is 5.86. The molecule has 0 heterocycles. The van der Waals surface area contributed by atoms with E-state index in [2.05, 4.69) is 32.0 Å². The van der Waals surface area contributed by atoms with Crippen LogP contribution >= 0.6 is 12.2 Å². The van der Waals surface area contributed by atoms with Gasteiger partial charge in [-0.3, -0.25) is 0 Å². The minimum absolute atomic E-state index is 0.540. The number of hydrogen-bond donors (Lipinski definition) is 1. The van der Waals surface area contributed by atoms with Gasteiger partial charge in [0.25, 0.3) is 0 Å². The number of hydrogen-bond acceptors (Lipinski definition) is 2. The third-order valence-corrected chi connectivity index (χ3v) is 3.34. The molecule has 0 bridgehead atoms. The molecule has 18 heavy (non-hydrogen) atoms. The van der Waals surface area contributed by atoms with Crippen LogP contribution in [-0.2, 0) is 0 Å². The molecule has 0 aliphatic heterocycles. The summed E-state index contributed by atoms with van der Waals surface area (Å²) < 4.78 is 5.86. The minimum Gasteiger partial charge on any atom is -0.493 e. The van der Waals surface area contributed by atoms with Gasteiger partial charge < -0.3 is 10.5 Å². The summed E-state index contributed by atoms with van der Waals surface area (Å²) in [6, 6.07) is 8.30. The molecular weight excluding hydrogens is 242 g/mol. The summed E-state index contributed by atoms with van der Waals surface area (Å²) in [6.07, 6.45) is 3.93. The average molecular weight is 265 g/mol. The van der Waals surface area contributed by atoms with Crippen LogP contribution in [0.1, 0.15) is 51.0 Å². The average Bonchev–Trinajstić information content (AvgIpc) is 2.37. The molecule has 0 fully saturated rings. The third kappa shape index (κ3) is 5.05. The van der Waals surface area contributed by atoms with Crippen molar-refractivity contribution in [3.05, 3.63) is 29.8 Å². The van der Waals surface area contributed by atoms with Crippen molar-refractivity contribution in [1.82, 2.24) is 0 Å². The summed E-state index contributed by atoms with van der Waals surface area (Å²) in [7, 11) is 0. The zero-order valence-electron chi connectivity index (χ0n) is 11.3. The molecule has 1 aromatic carbocycles. The van der Waals surface area contributed by atoms with Crippen molar-refractivity contribution in [2.75, 3.05) is 6.61 Å².